The molecule has 17 heavy (non-hydrogen) atoms. The molecule has 0 aliphatic rings. The van der Waals surface area contributed by atoms with Gasteiger partial charge in [0.25, 0.3) is 0 Å². The van der Waals surface area contributed by atoms with E-state index in [4.69, 9.17) is 5.73 Å². The molecule has 0 unspecified atom stereocenters. The average Bonchev–Trinajstić information content (AvgIpc) is 2.32. The van der Waals surface area contributed by atoms with Crippen LogP contribution >= 0.6 is 11.8 Å². The van der Waals surface area contributed by atoms with Crippen molar-refractivity contribution in [1.82, 2.24) is 0 Å². The minimum absolute atomic E-state index is 0.135. The van der Waals surface area contributed by atoms with Crippen molar-refractivity contribution in [2.45, 2.75) is 11.8 Å². The molecule has 0 atom stereocenters. The number of halogens is 1. The van der Waals surface area contributed by atoms with E-state index in [9.17, 15) is 9.18 Å². The number of thioether (sulfide) groups is 1. The quantitative estimate of drug-likeness (QED) is 0.389. The van der Waals surface area contributed by atoms with Crippen molar-refractivity contribution in [3.05, 3.63) is 35.7 Å². The molecular weight excluding hydrogens is 241 g/mol. The Bertz CT molecular complexity index is 446. The first-order chi connectivity index (χ1) is 8.04. The Morgan fingerprint density at radius 2 is 2.29 bits per heavy atom. The van der Waals surface area contributed by atoms with Crippen molar-refractivity contribution in [2.75, 3.05) is 18.6 Å². The molecule has 3 nitrogen and oxygen atoms in total. The van der Waals surface area contributed by atoms with Gasteiger partial charge < -0.3 is 10.5 Å². The summed E-state index contributed by atoms with van der Waals surface area (Å²) in [5.41, 5.74) is 6.04. The van der Waals surface area contributed by atoms with Crippen LogP contribution in [-0.2, 0) is 9.53 Å². The minimum atomic E-state index is -0.427. The monoisotopic (exact) mass is 255 g/mol. The summed E-state index contributed by atoms with van der Waals surface area (Å²) in [6.07, 6.45) is 1.74. The maximum atomic E-state index is 13.1. The van der Waals surface area contributed by atoms with Gasteiger partial charge in [0.1, 0.15) is 5.82 Å². The van der Waals surface area contributed by atoms with Gasteiger partial charge in [-0.25, -0.2) is 9.18 Å². The van der Waals surface area contributed by atoms with E-state index in [1.807, 2.05) is 0 Å². The lowest BCUT2D eigenvalue weighted by Crippen LogP contribution is -2.01. The Labute approximate surface area is 104 Å². The summed E-state index contributed by atoms with van der Waals surface area (Å²) in [6, 6.07) is 4.64. The highest BCUT2D eigenvalue weighted by atomic mass is 32.2. The standard InChI is InChI=1S/C12H14FNO2S/c1-8(12(15)16-2)5-6-17-9-3-4-11(14)10(13)7-9/h3-5,7H,6,14H2,1-2H3. The number of hydrogen-bond donors (Lipinski definition) is 1. The molecule has 0 fully saturated rings. The molecule has 0 radical (unpaired) electrons. The van der Waals surface area contributed by atoms with Gasteiger partial charge in [-0.05, 0) is 25.1 Å². The first-order valence-corrected chi connectivity index (χ1v) is 5.96. The molecule has 0 spiro atoms. The van der Waals surface area contributed by atoms with Crippen molar-refractivity contribution < 1.29 is 13.9 Å². The maximum Gasteiger partial charge on any atom is 0.333 e. The second kappa shape index (κ2) is 6.30. The molecule has 0 aliphatic carbocycles. The van der Waals surface area contributed by atoms with Gasteiger partial charge in [0.2, 0.25) is 0 Å². The number of methoxy groups -OCH3 is 1. The fourth-order valence-corrected chi connectivity index (χ4v) is 1.98. The first-order valence-electron chi connectivity index (χ1n) is 4.97. The lowest BCUT2D eigenvalue weighted by molar-refractivity contribution is -0.136. The normalized spacial score (nSPS) is 11.4. The number of anilines is 1. The van der Waals surface area contributed by atoms with Crippen LogP contribution in [0.4, 0.5) is 10.1 Å². The second-order valence-corrected chi connectivity index (χ2v) is 4.47. The summed E-state index contributed by atoms with van der Waals surface area (Å²) in [6.45, 7) is 1.68. The third-order valence-corrected chi connectivity index (χ3v) is 3.04. The SMILES string of the molecule is COC(=O)C(C)=CCSc1ccc(N)c(F)c1. The molecule has 2 N–H and O–H groups in total. The lowest BCUT2D eigenvalue weighted by atomic mass is 10.3. The number of nitrogen functional groups attached to an aromatic ring is 1. The number of benzene rings is 1. The molecule has 0 amide bonds. The summed E-state index contributed by atoms with van der Waals surface area (Å²) in [7, 11) is 1.34. The van der Waals surface area contributed by atoms with E-state index in [-0.39, 0.29) is 11.7 Å². The molecular formula is C12H14FNO2S. The maximum absolute atomic E-state index is 13.1. The Kier molecular flexibility index (Phi) is 5.03. The van der Waals surface area contributed by atoms with Gasteiger partial charge in [-0.15, -0.1) is 11.8 Å². The average molecular weight is 255 g/mol. The molecule has 0 aliphatic heterocycles. The molecule has 1 aromatic rings. The van der Waals surface area contributed by atoms with Crippen LogP contribution in [0.25, 0.3) is 0 Å². The third kappa shape index (κ3) is 4.11. The van der Waals surface area contributed by atoms with Crippen molar-refractivity contribution >= 4 is 23.4 Å². The van der Waals surface area contributed by atoms with Crippen LogP contribution in [0.15, 0.2) is 34.7 Å². The smallest absolute Gasteiger partial charge is 0.333 e. The molecule has 5 heteroatoms. The van der Waals surface area contributed by atoms with E-state index in [1.54, 1.807) is 19.1 Å². The van der Waals surface area contributed by atoms with Gasteiger partial charge in [0, 0.05) is 16.2 Å². The molecule has 0 bridgehead atoms. The number of nitrogens with two attached hydrogens (primary N) is 1. The molecule has 1 aromatic carbocycles. The minimum Gasteiger partial charge on any atom is -0.466 e. The van der Waals surface area contributed by atoms with E-state index in [0.29, 0.717) is 11.3 Å². The number of hydrogen-bond acceptors (Lipinski definition) is 4. The van der Waals surface area contributed by atoms with Gasteiger partial charge in [-0.3, -0.25) is 0 Å². The summed E-state index contributed by atoms with van der Waals surface area (Å²) in [5, 5.41) is 0. The highest BCUT2D eigenvalue weighted by Crippen LogP contribution is 2.22. The van der Waals surface area contributed by atoms with Crippen molar-refractivity contribution in [1.29, 1.82) is 0 Å². The van der Waals surface area contributed by atoms with Crippen LogP contribution in [0.2, 0.25) is 0 Å². The van der Waals surface area contributed by atoms with E-state index in [2.05, 4.69) is 4.74 Å². The van der Waals surface area contributed by atoms with Gasteiger partial charge in [0.15, 0.2) is 0 Å². The Morgan fingerprint density at radius 1 is 1.59 bits per heavy atom. The molecule has 0 aromatic heterocycles. The fraction of sp³-hybridized carbons (Fsp3) is 0.250. The number of carbonyl (C=O) groups is 1. The van der Waals surface area contributed by atoms with E-state index < -0.39 is 5.82 Å². The third-order valence-electron chi connectivity index (χ3n) is 2.12. The van der Waals surface area contributed by atoms with Crippen LogP contribution in [0.3, 0.4) is 0 Å². The predicted octanol–water partition coefficient (Wildman–Crippen LogP) is 2.62. The van der Waals surface area contributed by atoms with E-state index >= 15 is 0 Å². The number of esters is 1. The van der Waals surface area contributed by atoms with Crippen molar-refractivity contribution in [3.63, 3.8) is 0 Å². The van der Waals surface area contributed by atoms with Gasteiger partial charge in [0.05, 0.1) is 12.8 Å². The predicted molar refractivity (Wildman–Crippen MR) is 67.3 cm³/mol. The van der Waals surface area contributed by atoms with Crippen LogP contribution in [0.5, 0.6) is 0 Å². The summed E-state index contributed by atoms with van der Waals surface area (Å²) >= 11 is 1.42. The molecule has 92 valence electrons. The Morgan fingerprint density at radius 3 is 2.88 bits per heavy atom. The molecule has 0 saturated heterocycles. The van der Waals surface area contributed by atoms with Crippen molar-refractivity contribution in [2.24, 2.45) is 0 Å². The second-order valence-electron chi connectivity index (χ2n) is 3.37. The zero-order chi connectivity index (χ0) is 12.8. The highest BCUT2D eigenvalue weighted by molar-refractivity contribution is 7.99. The van der Waals surface area contributed by atoms with E-state index in [1.165, 1.54) is 31.0 Å². The molecule has 1 rings (SSSR count). The zero-order valence-corrected chi connectivity index (χ0v) is 10.5. The van der Waals surface area contributed by atoms with Crippen molar-refractivity contribution in [3.8, 4) is 0 Å². The number of rotatable bonds is 4. The lowest BCUT2D eigenvalue weighted by Gasteiger charge is -2.02. The van der Waals surface area contributed by atoms with Crippen LogP contribution in [0.1, 0.15) is 6.92 Å². The Hall–Kier alpha value is -1.49. The number of carbonyl (C=O) groups excluding carboxylic acids is 1. The van der Waals surface area contributed by atoms with Crippen LogP contribution in [-0.4, -0.2) is 18.8 Å². The molecule has 0 saturated carbocycles. The number of ether oxygens (including phenoxy) is 1. The largest absolute Gasteiger partial charge is 0.466 e. The molecule has 0 heterocycles. The van der Waals surface area contributed by atoms with E-state index in [0.717, 1.165) is 4.90 Å². The summed E-state index contributed by atoms with van der Waals surface area (Å²) in [4.78, 5) is 11.8. The first kappa shape index (κ1) is 13.6. The highest BCUT2D eigenvalue weighted by Gasteiger charge is 2.03. The van der Waals surface area contributed by atoms with Gasteiger partial charge in [-0.2, -0.15) is 0 Å². The summed E-state index contributed by atoms with van der Waals surface area (Å²) < 4.78 is 17.7. The topological polar surface area (TPSA) is 52.3 Å². The fourth-order valence-electron chi connectivity index (χ4n) is 1.10. The summed E-state index contributed by atoms with van der Waals surface area (Å²) in [5.74, 6) is -0.206. The van der Waals surface area contributed by atoms with Crippen LogP contribution in [0, 0.1) is 5.82 Å². The van der Waals surface area contributed by atoms with Crippen LogP contribution < -0.4 is 5.73 Å². The Balaban J connectivity index is 2.56. The van der Waals surface area contributed by atoms with Gasteiger partial charge in [-0.1, -0.05) is 6.08 Å². The van der Waals surface area contributed by atoms with Gasteiger partial charge >= 0.3 is 5.97 Å². The zero-order valence-electron chi connectivity index (χ0n) is 9.70.